The highest BCUT2D eigenvalue weighted by Crippen LogP contribution is 2.27. The molecule has 0 fully saturated rings. The Hall–Kier alpha value is -2.90. The van der Waals surface area contributed by atoms with Crippen LogP contribution in [0.5, 0.6) is 0 Å². The van der Waals surface area contributed by atoms with E-state index in [0.29, 0.717) is 5.56 Å². The molecule has 4 heteroatoms. The van der Waals surface area contributed by atoms with Crippen LogP contribution in [0.25, 0.3) is 5.69 Å². The minimum Gasteiger partial charge on any atom is -0.320 e. The molecule has 0 amide bonds. The average Bonchev–Trinajstić information content (AvgIpc) is 2.89. The third-order valence-corrected chi connectivity index (χ3v) is 4.03. The second-order valence-corrected chi connectivity index (χ2v) is 5.55. The van der Waals surface area contributed by atoms with Crippen LogP contribution in [0, 0.1) is 25.2 Å². The smallest absolute Gasteiger partial charge is 0.0991 e. The first-order valence-corrected chi connectivity index (χ1v) is 7.49. The van der Waals surface area contributed by atoms with Gasteiger partial charge in [-0.15, -0.1) is 0 Å². The lowest BCUT2D eigenvalue weighted by molar-refractivity contribution is 0.824. The Morgan fingerprint density at radius 3 is 2.52 bits per heavy atom. The van der Waals surface area contributed by atoms with E-state index in [9.17, 15) is 0 Å². The van der Waals surface area contributed by atoms with Gasteiger partial charge in [0, 0.05) is 11.3 Å². The average molecular weight is 302 g/mol. The maximum Gasteiger partial charge on any atom is 0.0991 e. The summed E-state index contributed by atoms with van der Waals surface area (Å²) in [7, 11) is 0. The van der Waals surface area contributed by atoms with Gasteiger partial charge >= 0.3 is 0 Å². The molecule has 0 aliphatic heterocycles. The highest BCUT2D eigenvalue weighted by molar-refractivity contribution is 5.43. The quantitative estimate of drug-likeness (QED) is 0.806. The lowest BCUT2D eigenvalue weighted by Gasteiger charge is -2.13. The van der Waals surface area contributed by atoms with Crippen LogP contribution in [0.2, 0.25) is 0 Å². The summed E-state index contributed by atoms with van der Waals surface area (Å²) in [4.78, 5) is 0. The summed E-state index contributed by atoms with van der Waals surface area (Å²) >= 11 is 0. The van der Waals surface area contributed by atoms with Gasteiger partial charge in [0.05, 0.1) is 29.1 Å². The second-order valence-electron chi connectivity index (χ2n) is 5.55. The first-order valence-electron chi connectivity index (χ1n) is 7.49. The number of nitriles is 1. The van der Waals surface area contributed by atoms with Crippen LogP contribution in [-0.4, -0.2) is 9.78 Å². The van der Waals surface area contributed by atoms with Crippen LogP contribution in [0.15, 0.2) is 54.6 Å². The van der Waals surface area contributed by atoms with Crippen molar-refractivity contribution in [2.24, 2.45) is 5.73 Å². The normalized spacial score (nSPS) is 11.9. The molecule has 0 saturated carbocycles. The lowest BCUT2D eigenvalue weighted by atomic mass is 9.96. The molecule has 0 aliphatic carbocycles. The number of hydrogen-bond donors (Lipinski definition) is 1. The van der Waals surface area contributed by atoms with Gasteiger partial charge in [0.2, 0.25) is 0 Å². The van der Waals surface area contributed by atoms with Crippen LogP contribution in [0.4, 0.5) is 0 Å². The second kappa shape index (κ2) is 6.07. The van der Waals surface area contributed by atoms with Gasteiger partial charge in [0.1, 0.15) is 0 Å². The molecule has 114 valence electrons. The number of rotatable bonds is 3. The molecule has 0 radical (unpaired) electrons. The molecule has 1 aromatic heterocycles. The number of para-hydroxylation sites is 1. The van der Waals surface area contributed by atoms with Gasteiger partial charge in [-0.2, -0.15) is 10.4 Å². The van der Waals surface area contributed by atoms with E-state index in [0.717, 1.165) is 28.2 Å². The van der Waals surface area contributed by atoms with Crippen molar-refractivity contribution in [3.63, 3.8) is 0 Å². The zero-order chi connectivity index (χ0) is 16.4. The maximum atomic E-state index is 9.07. The summed E-state index contributed by atoms with van der Waals surface area (Å²) in [5, 5.41) is 13.7. The molecule has 4 nitrogen and oxygen atoms in total. The third kappa shape index (κ3) is 2.75. The van der Waals surface area contributed by atoms with Gasteiger partial charge in [-0.25, -0.2) is 4.68 Å². The summed E-state index contributed by atoms with van der Waals surface area (Å²) in [5.74, 6) is 0. The molecule has 1 atom stereocenters. The maximum absolute atomic E-state index is 9.07. The fourth-order valence-corrected chi connectivity index (χ4v) is 2.89. The van der Waals surface area contributed by atoms with Crippen molar-refractivity contribution in [1.82, 2.24) is 9.78 Å². The summed E-state index contributed by atoms with van der Waals surface area (Å²) in [6.45, 7) is 3.99. The predicted molar refractivity (Wildman–Crippen MR) is 90.2 cm³/mol. The van der Waals surface area contributed by atoms with Crippen LogP contribution < -0.4 is 5.73 Å². The zero-order valence-electron chi connectivity index (χ0n) is 13.2. The van der Waals surface area contributed by atoms with Gasteiger partial charge < -0.3 is 5.73 Å². The highest BCUT2D eigenvalue weighted by atomic mass is 15.3. The largest absolute Gasteiger partial charge is 0.320 e. The molecule has 0 bridgehead atoms. The van der Waals surface area contributed by atoms with Crippen LogP contribution >= 0.6 is 0 Å². The zero-order valence-corrected chi connectivity index (χ0v) is 13.2. The van der Waals surface area contributed by atoms with Gasteiger partial charge in [-0.05, 0) is 43.7 Å². The van der Waals surface area contributed by atoms with E-state index >= 15 is 0 Å². The minimum atomic E-state index is -0.305. The highest BCUT2D eigenvalue weighted by Gasteiger charge is 2.20. The van der Waals surface area contributed by atoms with Crippen molar-refractivity contribution in [2.75, 3.05) is 0 Å². The summed E-state index contributed by atoms with van der Waals surface area (Å²) in [5.41, 5.74) is 11.9. The molecule has 0 aliphatic rings. The minimum absolute atomic E-state index is 0.305. The Labute approximate surface area is 135 Å². The first kappa shape index (κ1) is 15.0. The molecule has 23 heavy (non-hydrogen) atoms. The van der Waals surface area contributed by atoms with Crippen molar-refractivity contribution in [2.45, 2.75) is 19.9 Å². The van der Waals surface area contributed by atoms with Crippen LogP contribution in [-0.2, 0) is 0 Å². The molecule has 2 N–H and O–H groups in total. The Morgan fingerprint density at radius 1 is 1.09 bits per heavy atom. The molecular weight excluding hydrogens is 284 g/mol. The number of aromatic nitrogens is 2. The van der Waals surface area contributed by atoms with Crippen molar-refractivity contribution < 1.29 is 0 Å². The SMILES string of the molecule is Cc1nn(-c2ccccc2)c(C)c1C(N)c1cccc(C#N)c1. The van der Waals surface area contributed by atoms with Crippen LogP contribution in [0.1, 0.15) is 34.1 Å². The van der Waals surface area contributed by atoms with E-state index in [1.54, 1.807) is 6.07 Å². The Bertz CT molecular complexity index is 872. The van der Waals surface area contributed by atoms with E-state index in [2.05, 4.69) is 11.2 Å². The molecule has 3 rings (SSSR count). The van der Waals surface area contributed by atoms with Crippen molar-refractivity contribution in [3.8, 4) is 11.8 Å². The van der Waals surface area contributed by atoms with Crippen molar-refractivity contribution >= 4 is 0 Å². The van der Waals surface area contributed by atoms with E-state index in [1.165, 1.54) is 0 Å². The Morgan fingerprint density at radius 2 is 1.83 bits per heavy atom. The number of benzene rings is 2. The summed E-state index contributed by atoms with van der Waals surface area (Å²) < 4.78 is 1.92. The van der Waals surface area contributed by atoms with Gasteiger partial charge in [-0.1, -0.05) is 30.3 Å². The van der Waals surface area contributed by atoms with E-state index in [-0.39, 0.29) is 6.04 Å². The first-order chi connectivity index (χ1) is 11.1. The monoisotopic (exact) mass is 302 g/mol. The van der Waals surface area contributed by atoms with Gasteiger partial charge in [0.15, 0.2) is 0 Å². The van der Waals surface area contributed by atoms with Gasteiger partial charge in [0.25, 0.3) is 0 Å². The van der Waals surface area contributed by atoms with Gasteiger partial charge in [-0.3, -0.25) is 0 Å². The topological polar surface area (TPSA) is 67.6 Å². The molecular formula is C19H18N4. The number of nitrogens with two attached hydrogens (primary N) is 1. The Balaban J connectivity index is 2.07. The number of aryl methyl sites for hydroxylation is 1. The molecule has 0 spiro atoms. The fraction of sp³-hybridized carbons (Fsp3) is 0.158. The molecule has 3 aromatic rings. The summed E-state index contributed by atoms with van der Waals surface area (Å²) in [6.07, 6.45) is 0. The van der Waals surface area contributed by atoms with Crippen molar-refractivity contribution in [1.29, 1.82) is 5.26 Å². The molecule has 1 unspecified atom stereocenters. The predicted octanol–water partition coefficient (Wildman–Crippen LogP) is 3.41. The van der Waals surface area contributed by atoms with E-state index in [4.69, 9.17) is 11.0 Å². The standard InChI is InChI=1S/C19H18N4/c1-13-18(19(21)16-8-6-7-15(11-16)12-20)14(2)23(22-13)17-9-4-3-5-10-17/h3-11,19H,21H2,1-2H3. The van der Waals surface area contributed by atoms with E-state index in [1.807, 2.05) is 67.1 Å². The molecule has 0 saturated heterocycles. The Kier molecular flexibility index (Phi) is 3.96. The summed E-state index contributed by atoms with van der Waals surface area (Å²) in [6, 6.07) is 19.3. The lowest BCUT2D eigenvalue weighted by Crippen LogP contribution is -2.14. The third-order valence-electron chi connectivity index (χ3n) is 4.03. The fourth-order valence-electron chi connectivity index (χ4n) is 2.89. The molecule has 2 aromatic carbocycles. The molecule has 1 heterocycles. The van der Waals surface area contributed by atoms with Crippen LogP contribution in [0.3, 0.4) is 0 Å². The van der Waals surface area contributed by atoms with Crippen molar-refractivity contribution in [3.05, 3.63) is 82.7 Å². The van der Waals surface area contributed by atoms with E-state index < -0.39 is 0 Å². The number of nitrogens with zero attached hydrogens (tertiary/aromatic N) is 3. The number of hydrogen-bond acceptors (Lipinski definition) is 3.